The van der Waals surface area contributed by atoms with Crippen molar-refractivity contribution < 1.29 is 0 Å². The highest BCUT2D eigenvalue weighted by molar-refractivity contribution is 5.02. The van der Waals surface area contributed by atoms with Crippen LogP contribution in [-0.2, 0) is 0 Å². The minimum atomic E-state index is 0.690. The van der Waals surface area contributed by atoms with Gasteiger partial charge in [-0.25, -0.2) is 0 Å². The molecule has 70 valence electrons. The maximum Gasteiger partial charge on any atom is -0.0237 e. The molecule has 1 atom stereocenters. The Bertz CT molecular complexity index is 159. The molecule has 0 aromatic carbocycles. The van der Waals surface area contributed by atoms with Gasteiger partial charge in [0.25, 0.3) is 0 Å². The van der Waals surface area contributed by atoms with Gasteiger partial charge >= 0.3 is 0 Å². The van der Waals surface area contributed by atoms with Crippen LogP contribution >= 0.6 is 0 Å². The van der Waals surface area contributed by atoms with E-state index in [4.69, 9.17) is 0 Å². The fourth-order valence-electron chi connectivity index (χ4n) is 1.08. The Balaban J connectivity index is 3.65. The van der Waals surface area contributed by atoms with Gasteiger partial charge in [-0.3, -0.25) is 0 Å². The van der Waals surface area contributed by atoms with Crippen LogP contribution in [0.4, 0.5) is 0 Å². The molecular formula is C12H22. The van der Waals surface area contributed by atoms with E-state index in [0.717, 1.165) is 12.8 Å². The average molecular weight is 166 g/mol. The molecule has 0 rings (SSSR count). The Hall–Kier alpha value is -0.520. The normalized spacial score (nSPS) is 12.3. The van der Waals surface area contributed by atoms with Crippen LogP contribution in [0.3, 0.4) is 0 Å². The highest BCUT2D eigenvalue weighted by atomic mass is 14.1. The van der Waals surface area contributed by atoms with Gasteiger partial charge < -0.3 is 0 Å². The Kier molecular flexibility index (Phi) is 5.79. The molecule has 0 radical (unpaired) electrons. The van der Waals surface area contributed by atoms with Gasteiger partial charge in [0.2, 0.25) is 0 Å². The molecule has 0 saturated carbocycles. The highest BCUT2D eigenvalue weighted by Gasteiger charge is 2.01. The molecule has 0 fully saturated rings. The van der Waals surface area contributed by atoms with Crippen molar-refractivity contribution in [1.29, 1.82) is 0 Å². The Morgan fingerprint density at radius 1 is 1.42 bits per heavy atom. The largest absolute Gasteiger partial charge is 0.0996 e. The van der Waals surface area contributed by atoms with Crippen molar-refractivity contribution in [2.75, 3.05) is 0 Å². The Morgan fingerprint density at radius 2 is 2.00 bits per heavy atom. The first-order valence-corrected chi connectivity index (χ1v) is 4.89. The fraction of sp³-hybridized carbons (Fsp3) is 0.667. The zero-order chi connectivity index (χ0) is 9.56. The lowest BCUT2D eigenvalue weighted by atomic mass is 9.96. The van der Waals surface area contributed by atoms with E-state index in [9.17, 15) is 0 Å². The Labute approximate surface area is 77.4 Å². The molecule has 0 heteroatoms. The molecule has 0 saturated heterocycles. The van der Waals surface area contributed by atoms with Crippen molar-refractivity contribution in [1.82, 2.24) is 0 Å². The van der Waals surface area contributed by atoms with E-state index in [1.807, 2.05) is 0 Å². The molecule has 0 aliphatic rings. The van der Waals surface area contributed by atoms with Crippen LogP contribution in [0.15, 0.2) is 23.8 Å². The van der Waals surface area contributed by atoms with Gasteiger partial charge in [0.1, 0.15) is 0 Å². The zero-order valence-electron chi connectivity index (χ0n) is 8.98. The predicted octanol–water partition coefficient (Wildman–Crippen LogP) is 4.34. The molecule has 0 aliphatic heterocycles. The smallest absolute Gasteiger partial charge is 0.0237 e. The van der Waals surface area contributed by atoms with Gasteiger partial charge in [-0.2, -0.15) is 0 Å². The first-order valence-electron chi connectivity index (χ1n) is 4.89. The van der Waals surface area contributed by atoms with Crippen LogP contribution in [0, 0.1) is 5.92 Å². The van der Waals surface area contributed by atoms with Gasteiger partial charge in [0.15, 0.2) is 0 Å². The van der Waals surface area contributed by atoms with E-state index < -0.39 is 0 Å². The fourth-order valence-corrected chi connectivity index (χ4v) is 1.08. The Morgan fingerprint density at radius 3 is 2.42 bits per heavy atom. The maximum absolute atomic E-state index is 4.09. The molecule has 0 aliphatic carbocycles. The number of hydrogen-bond acceptors (Lipinski definition) is 0. The second-order valence-corrected chi connectivity index (χ2v) is 3.79. The molecule has 1 unspecified atom stereocenters. The van der Waals surface area contributed by atoms with Gasteiger partial charge in [-0.15, -0.1) is 0 Å². The van der Waals surface area contributed by atoms with Crippen LogP contribution in [0.25, 0.3) is 0 Å². The molecule has 0 heterocycles. The summed E-state index contributed by atoms with van der Waals surface area (Å²) in [5.74, 6) is 0.690. The minimum absolute atomic E-state index is 0.690. The van der Waals surface area contributed by atoms with Gasteiger partial charge in [0.05, 0.1) is 0 Å². The van der Waals surface area contributed by atoms with Crippen LogP contribution in [-0.4, -0.2) is 0 Å². The van der Waals surface area contributed by atoms with Crippen LogP contribution < -0.4 is 0 Å². The summed E-state index contributed by atoms with van der Waals surface area (Å²) >= 11 is 0. The molecule has 0 aromatic heterocycles. The van der Waals surface area contributed by atoms with Gasteiger partial charge in [-0.1, -0.05) is 37.6 Å². The van der Waals surface area contributed by atoms with Crippen molar-refractivity contribution in [3.63, 3.8) is 0 Å². The molecule has 0 N–H and O–H groups in total. The van der Waals surface area contributed by atoms with Crippen LogP contribution in [0.1, 0.15) is 47.0 Å². The lowest BCUT2D eigenvalue weighted by molar-refractivity contribution is 0.627. The average Bonchev–Trinajstić information content (AvgIpc) is 2.02. The third-order valence-electron chi connectivity index (χ3n) is 2.33. The summed E-state index contributed by atoms with van der Waals surface area (Å²) in [7, 11) is 0. The van der Waals surface area contributed by atoms with E-state index in [1.54, 1.807) is 0 Å². The number of hydrogen-bond donors (Lipinski definition) is 0. The van der Waals surface area contributed by atoms with E-state index in [-0.39, 0.29) is 0 Å². The standard InChI is InChI=1S/C12H22/c1-6-11(4)12(5)9-7-8-10(2)3/h8,11H,5-7,9H2,1-4H3. The van der Waals surface area contributed by atoms with Gasteiger partial charge in [-0.05, 0) is 39.0 Å². The van der Waals surface area contributed by atoms with Crippen molar-refractivity contribution in [3.8, 4) is 0 Å². The maximum atomic E-state index is 4.09. The molecule has 0 bridgehead atoms. The second kappa shape index (κ2) is 6.05. The zero-order valence-corrected chi connectivity index (χ0v) is 8.98. The van der Waals surface area contributed by atoms with Gasteiger partial charge in [0, 0.05) is 0 Å². The lowest BCUT2D eigenvalue weighted by Crippen LogP contribution is -1.95. The summed E-state index contributed by atoms with van der Waals surface area (Å²) in [5, 5.41) is 0. The van der Waals surface area contributed by atoms with E-state index in [2.05, 4.69) is 40.3 Å². The lowest BCUT2D eigenvalue weighted by Gasteiger charge is -2.10. The second-order valence-electron chi connectivity index (χ2n) is 3.79. The van der Waals surface area contributed by atoms with E-state index in [0.29, 0.717) is 5.92 Å². The molecule has 0 nitrogen and oxygen atoms in total. The first-order chi connectivity index (χ1) is 5.57. The van der Waals surface area contributed by atoms with E-state index in [1.165, 1.54) is 17.6 Å². The SMILES string of the molecule is C=C(CCC=C(C)C)C(C)CC. The van der Waals surface area contributed by atoms with Crippen molar-refractivity contribution in [2.45, 2.75) is 47.0 Å². The van der Waals surface area contributed by atoms with E-state index >= 15 is 0 Å². The molecule has 0 spiro atoms. The number of allylic oxidation sites excluding steroid dienone is 3. The molecule has 0 amide bonds. The summed E-state index contributed by atoms with van der Waals surface area (Å²) in [4.78, 5) is 0. The monoisotopic (exact) mass is 166 g/mol. The quantitative estimate of drug-likeness (QED) is 0.533. The third kappa shape index (κ3) is 5.17. The topological polar surface area (TPSA) is 0 Å². The summed E-state index contributed by atoms with van der Waals surface area (Å²) in [6.45, 7) is 12.9. The minimum Gasteiger partial charge on any atom is -0.0996 e. The number of rotatable bonds is 5. The summed E-state index contributed by atoms with van der Waals surface area (Å²) in [6.07, 6.45) is 5.81. The molecule has 0 aromatic rings. The predicted molar refractivity (Wildman–Crippen MR) is 57.3 cm³/mol. The molecular weight excluding hydrogens is 144 g/mol. The summed E-state index contributed by atoms with van der Waals surface area (Å²) < 4.78 is 0. The van der Waals surface area contributed by atoms with Crippen molar-refractivity contribution in [2.24, 2.45) is 5.92 Å². The molecule has 12 heavy (non-hydrogen) atoms. The third-order valence-corrected chi connectivity index (χ3v) is 2.33. The van der Waals surface area contributed by atoms with Crippen LogP contribution in [0.2, 0.25) is 0 Å². The summed E-state index contributed by atoms with van der Waals surface area (Å²) in [6, 6.07) is 0. The highest BCUT2D eigenvalue weighted by Crippen LogP contribution is 2.17. The summed E-state index contributed by atoms with van der Waals surface area (Å²) in [5.41, 5.74) is 2.81. The van der Waals surface area contributed by atoms with Crippen molar-refractivity contribution >= 4 is 0 Å². The van der Waals surface area contributed by atoms with Crippen LogP contribution in [0.5, 0.6) is 0 Å². The van der Waals surface area contributed by atoms with Crippen molar-refractivity contribution in [3.05, 3.63) is 23.8 Å². The first kappa shape index (κ1) is 11.5.